The molecule has 0 bridgehead atoms. The SMILES string of the molecule is CC1CCNC1C(=O)Nc1ccc(-n2cncn2)cc1. The molecule has 2 heterocycles. The highest BCUT2D eigenvalue weighted by molar-refractivity contribution is 5.95. The molecule has 1 fully saturated rings. The number of carbonyl (C=O) groups excluding carboxylic acids is 1. The van der Waals surface area contributed by atoms with Crippen LogP contribution in [0, 0.1) is 5.92 Å². The minimum Gasteiger partial charge on any atom is -0.325 e. The van der Waals surface area contributed by atoms with E-state index in [9.17, 15) is 4.79 Å². The van der Waals surface area contributed by atoms with E-state index < -0.39 is 0 Å². The molecule has 2 atom stereocenters. The summed E-state index contributed by atoms with van der Waals surface area (Å²) in [5.41, 5.74) is 1.70. The summed E-state index contributed by atoms with van der Waals surface area (Å²) in [6.07, 6.45) is 4.17. The van der Waals surface area contributed by atoms with Crippen LogP contribution in [0.3, 0.4) is 0 Å². The molecule has 0 saturated carbocycles. The number of nitrogens with zero attached hydrogens (tertiary/aromatic N) is 3. The van der Waals surface area contributed by atoms with Crippen LogP contribution in [0.1, 0.15) is 13.3 Å². The van der Waals surface area contributed by atoms with E-state index in [2.05, 4.69) is 27.6 Å². The molecule has 1 aromatic heterocycles. The molecule has 0 aliphatic carbocycles. The molecule has 1 amide bonds. The summed E-state index contributed by atoms with van der Waals surface area (Å²) in [5.74, 6) is 0.410. The van der Waals surface area contributed by atoms with Gasteiger partial charge < -0.3 is 10.6 Å². The van der Waals surface area contributed by atoms with E-state index in [1.807, 2.05) is 24.3 Å². The van der Waals surface area contributed by atoms with E-state index in [0.29, 0.717) is 5.92 Å². The maximum Gasteiger partial charge on any atom is 0.241 e. The molecule has 1 aliphatic rings. The van der Waals surface area contributed by atoms with E-state index in [1.165, 1.54) is 6.33 Å². The van der Waals surface area contributed by atoms with Gasteiger partial charge in [-0.1, -0.05) is 6.92 Å². The van der Waals surface area contributed by atoms with Gasteiger partial charge in [-0.25, -0.2) is 9.67 Å². The van der Waals surface area contributed by atoms with Crippen LogP contribution >= 0.6 is 0 Å². The number of aromatic nitrogens is 3. The van der Waals surface area contributed by atoms with Crippen LogP contribution in [0.15, 0.2) is 36.9 Å². The van der Waals surface area contributed by atoms with Crippen LogP contribution in [0.25, 0.3) is 5.69 Å². The molecule has 6 nitrogen and oxygen atoms in total. The van der Waals surface area contributed by atoms with Gasteiger partial charge in [-0.3, -0.25) is 4.79 Å². The summed E-state index contributed by atoms with van der Waals surface area (Å²) in [4.78, 5) is 16.0. The van der Waals surface area contributed by atoms with Crippen LogP contribution in [0.4, 0.5) is 5.69 Å². The lowest BCUT2D eigenvalue weighted by Gasteiger charge is -2.15. The fourth-order valence-electron chi connectivity index (χ4n) is 2.44. The van der Waals surface area contributed by atoms with Gasteiger partial charge in [0.1, 0.15) is 12.7 Å². The zero-order chi connectivity index (χ0) is 13.9. The van der Waals surface area contributed by atoms with Crippen LogP contribution in [0.2, 0.25) is 0 Å². The number of hydrogen-bond donors (Lipinski definition) is 2. The largest absolute Gasteiger partial charge is 0.325 e. The Morgan fingerprint density at radius 1 is 1.40 bits per heavy atom. The smallest absolute Gasteiger partial charge is 0.241 e. The second-order valence-electron chi connectivity index (χ2n) is 5.07. The van der Waals surface area contributed by atoms with E-state index in [-0.39, 0.29) is 11.9 Å². The highest BCUT2D eigenvalue weighted by Crippen LogP contribution is 2.17. The maximum absolute atomic E-state index is 12.1. The maximum atomic E-state index is 12.1. The predicted octanol–water partition coefficient (Wildman–Crippen LogP) is 1.20. The molecule has 1 aliphatic heterocycles. The van der Waals surface area contributed by atoms with Gasteiger partial charge in [-0.2, -0.15) is 5.10 Å². The van der Waals surface area contributed by atoms with E-state index in [4.69, 9.17) is 0 Å². The van der Waals surface area contributed by atoms with Crippen molar-refractivity contribution in [2.75, 3.05) is 11.9 Å². The van der Waals surface area contributed by atoms with Crippen molar-refractivity contribution >= 4 is 11.6 Å². The topological polar surface area (TPSA) is 71.8 Å². The van der Waals surface area contributed by atoms with Crippen LogP contribution in [0.5, 0.6) is 0 Å². The lowest BCUT2D eigenvalue weighted by Crippen LogP contribution is -2.39. The molecule has 2 N–H and O–H groups in total. The summed E-state index contributed by atoms with van der Waals surface area (Å²) in [5, 5.41) is 10.2. The first-order valence-electron chi connectivity index (χ1n) is 6.73. The third-order valence-corrected chi connectivity index (χ3v) is 3.63. The Morgan fingerprint density at radius 2 is 2.20 bits per heavy atom. The average Bonchev–Trinajstić information content (AvgIpc) is 3.10. The number of nitrogens with one attached hydrogen (secondary N) is 2. The molecule has 1 saturated heterocycles. The van der Waals surface area contributed by atoms with Crippen molar-refractivity contribution in [3.63, 3.8) is 0 Å². The Kier molecular flexibility index (Phi) is 3.47. The number of amides is 1. The van der Waals surface area contributed by atoms with Gasteiger partial charge in [0, 0.05) is 5.69 Å². The molecule has 2 unspecified atom stereocenters. The number of anilines is 1. The molecule has 104 valence electrons. The van der Waals surface area contributed by atoms with Crippen molar-refractivity contribution in [1.82, 2.24) is 20.1 Å². The first-order chi connectivity index (χ1) is 9.74. The third-order valence-electron chi connectivity index (χ3n) is 3.63. The number of rotatable bonds is 3. The molecule has 1 aromatic carbocycles. The van der Waals surface area contributed by atoms with Gasteiger partial charge >= 0.3 is 0 Å². The minimum atomic E-state index is -0.0926. The lowest BCUT2D eigenvalue weighted by atomic mass is 10.0. The normalized spacial score (nSPS) is 21.9. The first kappa shape index (κ1) is 12.8. The van der Waals surface area contributed by atoms with Crippen molar-refractivity contribution in [2.24, 2.45) is 5.92 Å². The van der Waals surface area contributed by atoms with Gasteiger partial charge in [0.2, 0.25) is 5.91 Å². The molecule has 20 heavy (non-hydrogen) atoms. The van der Waals surface area contributed by atoms with Crippen molar-refractivity contribution in [3.8, 4) is 5.69 Å². The summed E-state index contributed by atoms with van der Waals surface area (Å²) in [6.45, 7) is 3.00. The van der Waals surface area contributed by atoms with E-state index >= 15 is 0 Å². The van der Waals surface area contributed by atoms with Crippen LogP contribution in [-0.4, -0.2) is 33.3 Å². The number of carbonyl (C=O) groups is 1. The molecular weight excluding hydrogens is 254 g/mol. The van der Waals surface area contributed by atoms with Gasteiger partial charge in [0.05, 0.1) is 11.7 Å². The van der Waals surface area contributed by atoms with Gasteiger partial charge in [-0.05, 0) is 43.1 Å². The van der Waals surface area contributed by atoms with E-state index in [1.54, 1.807) is 11.0 Å². The first-order valence-corrected chi connectivity index (χ1v) is 6.73. The Bertz CT molecular complexity index is 578. The minimum absolute atomic E-state index is 0.0310. The standard InChI is InChI=1S/C14H17N5O/c1-10-6-7-16-13(10)14(20)18-11-2-4-12(5-3-11)19-9-15-8-17-19/h2-5,8-10,13,16H,6-7H2,1H3,(H,18,20). The van der Waals surface area contributed by atoms with Gasteiger partial charge in [0.25, 0.3) is 0 Å². The predicted molar refractivity (Wildman–Crippen MR) is 75.6 cm³/mol. The zero-order valence-electron chi connectivity index (χ0n) is 11.3. The molecule has 0 radical (unpaired) electrons. The Hall–Kier alpha value is -2.21. The summed E-state index contributed by atoms with van der Waals surface area (Å²) in [7, 11) is 0. The molecule has 3 rings (SSSR count). The molecular formula is C14H17N5O. The fraction of sp³-hybridized carbons (Fsp3) is 0.357. The average molecular weight is 271 g/mol. The van der Waals surface area contributed by atoms with Crippen LogP contribution in [-0.2, 0) is 4.79 Å². The zero-order valence-corrected chi connectivity index (χ0v) is 11.3. The second-order valence-corrected chi connectivity index (χ2v) is 5.07. The van der Waals surface area contributed by atoms with Gasteiger partial charge in [-0.15, -0.1) is 0 Å². The van der Waals surface area contributed by atoms with Crippen molar-refractivity contribution in [2.45, 2.75) is 19.4 Å². The quantitative estimate of drug-likeness (QED) is 0.880. The highest BCUT2D eigenvalue weighted by atomic mass is 16.2. The monoisotopic (exact) mass is 271 g/mol. The van der Waals surface area contributed by atoms with E-state index in [0.717, 1.165) is 24.3 Å². The molecule has 6 heteroatoms. The lowest BCUT2D eigenvalue weighted by molar-refractivity contribution is -0.118. The summed E-state index contributed by atoms with van der Waals surface area (Å²) in [6, 6.07) is 7.44. The van der Waals surface area contributed by atoms with Crippen LogP contribution < -0.4 is 10.6 Å². The Morgan fingerprint density at radius 3 is 2.80 bits per heavy atom. The van der Waals surface area contributed by atoms with Gasteiger partial charge in [0.15, 0.2) is 0 Å². The fourth-order valence-corrected chi connectivity index (χ4v) is 2.44. The Balaban J connectivity index is 1.68. The Labute approximate surface area is 117 Å². The van der Waals surface area contributed by atoms with Crippen molar-refractivity contribution < 1.29 is 4.79 Å². The second kappa shape index (κ2) is 5.42. The summed E-state index contributed by atoms with van der Waals surface area (Å²) >= 11 is 0. The third kappa shape index (κ3) is 2.55. The number of hydrogen-bond acceptors (Lipinski definition) is 4. The molecule has 2 aromatic rings. The molecule has 0 spiro atoms. The highest BCUT2D eigenvalue weighted by Gasteiger charge is 2.29. The van der Waals surface area contributed by atoms with Crippen molar-refractivity contribution in [1.29, 1.82) is 0 Å². The number of benzene rings is 1. The van der Waals surface area contributed by atoms with Crippen molar-refractivity contribution in [3.05, 3.63) is 36.9 Å². The summed E-state index contributed by atoms with van der Waals surface area (Å²) < 4.78 is 1.67.